The predicted molar refractivity (Wildman–Crippen MR) is 335 cm³/mol. The van der Waals surface area contributed by atoms with Gasteiger partial charge in [0.1, 0.15) is 17.2 Å². The van der Waals surface area contributed by atoms with E-state index in [1.54, 1.807) is 15.5 Å². The Morgan fingerprint density at radius 3 is 1.55 bits per heavy atom. The molecule has 28 heteroatoms. The van der Waals surface area contributed by atoms with Crippen LogP contribution in [-0.4, -0.2) is 144 Å². The number of sulfonamides is 2. The van der Waals surface area contributed by atoms with Crippen LogP contribution in [0.15, 0.2) is 60.7 Å². The number of benzene rings is 2. The molecule has 4 aromatic heterocycles. The lowest BCUT2D eigenvalue weighted by molar-refractivity contribution is 0.00893. The Kier molecular flexibility index (Phi) is 20.1. The molecular formula is C57H77Cl3N12O10S2Si. The summed E-state index contributed by atoms with van der Waals surface area (Å²) in [6.45, 7) is 22.5. The number of aliphatic hydroxyl groups excluding tert-OH is 1. The van der Waals surface area contributed by atoms with Crippen molar-refractivity contribution in [2.45, 2.75) is 142 Å². The minimum absolute atomic E-state index is 0.0228. The topological polar surface area (TPSA) is 256 Å². The first kappa shape index (κ1) is 65.2. The minimum atomic E-state index is -3.59. The number of rotatable bonds is 14. The Bertz CT molecular complexity index is 3680. The van der Waals surface area contributed by atoms with Gasteiger partial charge in [0.2, 0.25) is 20.0 Å². The second kappa shape index (κ2) is 26.3. The Hall–Kier alpha value is -5.80. The van der Waals surface area contributed by atoms with Gasteiger partial charge in [-0.05, 0) is 138 Å². The van der Waals surface area contributed by atoms with Crippen LogP contribution in [0.25, 0.3) is 11.3 Å². The third-order valence-corrected chi connectivity index (χ3v) is 21.8. The lowest BCUT2D eigenvalue weighted by Gasteiger charge is -2.36. The van der Waals surface area contributed by atoms with Crippen LogP contribution in [0.3, 0.4) is 0 Å². The molecule has 22 nitrogen and oxygen atoms in total. The van der Waals surface area contributed by atoms with Crippen LogP contribution in [0.1, 0.15) is 148 Å². The van der Waals surface area contributed by atoms with Gasteiger partial charge in [0, 0.05) is 73.6 Å². The largest absolute Gasteiger partial charge is 0.444 e. The molecule has 0 radical (unpaired) electrons. The van der Waals surface area contributed by atoms with Crippen LogP contribution < -0.4 is 19.2 Å². The van der Waals surface area contributed by atoms with Crippen molar-refractivity contribution in [1.29, 1.82) is 0 Å². The highest BCUT2D eigenvalue weighted by atomic mass is 35.5. The average Bonchev–Trinajstić information content (AvgIpc) is 2.94. The van der Waals surface area contributed by atoms with Gasteiger partial charge >= 0.3 is 6.09 Å². The van der Waals surface area contributed by atoms with Crippen molar-refractivity contribution in [2.75, 3.05) is 71.0 Å². The molecular weight excluding hydrogens is 1210 g/mol. The highest BCUT2D eigenvalue weighted by Gasteiger charge is 2.39. The van der Waals surface area contributed by atoms with Crippen LogP contribution in [0.5, 0.6) is 0 Å². The van der Waals surface area contributed by atoms with Crippen LogP contribution in [0.4, 0.5) is 27.8 Å². The van der Waals surface area contributed by atoms with E-state index in [2.05, 4.69) is 59.2 Å². The predicted octanol–water partition coefficient (Wildman–Crippen LogP) is 10.8. The molecule has 85 heavy (non-hydrogen) atoms. The molecule has 8 heterocycles. The van der Waals surface area contributed by atoms with Gasteiger partial charge in [-0.15, -0.1) is 0 Å². The average molecular weight is 1290 g/mol. The number of halogens is 3. The number of hydrogen-bond donors (Lipinski definition) is 3. The summed E-state index contributed by atoms with van der Waals surface area (Å²) in [6, 6.07) is 16.1. The van der Waals surface area contributed by atoms with Gasteiger partial charge in [-0.3, -0.25) is 23.9 Å². The van der Waals surface area contributed by atoms with E-state index in [0.717, 1.165) is 106 Å². The van der Waals surface area contributed by atoms with Crippen molar-refractivity contribution in [2.24, 2.45) is 0 Å². The smallest absolute Gasteiger partial charge is 0.410 e. The number of ether oxygens (including phenoxy) is 1. The molecule has 4 aliphatic rings. The number of nitrogens with one attached hydrogen (secondary N) is 2. The van der Waals surface area contributed by atoms with E-state index in [4.69, 9.17) is 64.1 Å². The Labute approximate surface area is 513 Å². The number of aromatic nitrogens is 6. The number of carbonyl (C=O) groups is 3. The maximum absolute atomic E-state index is 13.7. The monoisotopic (exact) mass is 1290 g/mol. The van der Waals surface area contributed by atoms with E-state index >= 15 is 0 Å². The highest BCUT2D eigenvalue weighted by Crippen LogP contribution is 2.39. The third-order valence-electron chi connectivity index (χ3n) is 15.5. The van der Waals surface area contributed by atoms with Gasteiger partial charge in [-0.2, -0.15) is 10.2 Å². The van der Waals surface area contributed by atoms with Crippen molar-refractivity contribution in [3.63, 3.8) is 0 Å². The van der Waals surface area contributed by atoms with Crippen LogP contribution >= 0.6 is 34.8 Å². The van der Waals surface area contributed by atoms with E-state index in [9.17, 15) is 36.3 Å². The zero-order valence-electron chi connectivity index (χ0n) is 49.8. The quantitative estimate of drug-likeness (QED) is 0.0677. The number of amides is 2. The molecule has 0 bridgehead atoms. The fraction of sp³-hybridized carbons (Fsp3) is 0.526. The zero-order chi connectivity index (χ0) is 62.0. The Morgan fingerprint density at radius 2 is 1.11 bits per heavy atom. The van der Waals surface area contributed by atoms with E-state index in [0.29, 0.717) is 53.2 Å². The SMILES string of the molecule is CC(C)(C)OC(=O)N1CCCC[C@H]1c1cc2nc(N3CCC3)cc(CO[Si](C)(C)C(C)(C)C)n2n1.CS(=O)(=O)Nc1ccc(Cl)cc1C(=O)Cl.CS(=O)(=O)Nc1ccc(Cl)cc1C(=O)N1CCCC[C@H]1c1cc2nc(N3CCC3)cc(CO)n2n1. The minimum Gasteiger partial charge on any atom is -0.444 e. The number of anilines is 4. The van der Waals surface area contributed by atoms with Gasteiger partial charge in [0.05, 0.1) is 83.1 Å². The van der Waals surface area contributed by atoms with Gasteiger partial charge in [-0.1, -0.05) is 44.0 Å². The van der Waals surface area contributed by atoms with E-state index in [1.807, 2.05) is 48.4 Å². The maximum Gasteiger partial charge on any atom is 0.410 e. The molecule has 0 aliphatic carbocycles. The molecule has 2 amide bonds. The van der Waals surface area contributed by atoms with Gasteiger partial charge in [0.25, 0.3) is 11.1 Å². The first-order valence-corrected chi connectivity index (χ1v) is 36.2. The van der Waals surface area contributed by atoms with Crippen molar-refractivity contribution < 1.29 is 45.5 Å². The third kappa shape index (κ3) is 16.4. The highest BCUT2D eigenvalue weighted by molar-refractivity contribution is 7.92. The maximum atomic E-state index is 13.7. The number of hydrogen-bond acceptors (Lipinski definition) is 16. The van der Waals surface area contributed by atoms with E-state index in [1.165, 1.54) is 36.8 Å². The summed E-state index contributed by atoms with van der Waals surface area (Å²) in [5, 5.41) is 19.7. The summed E-state index contributed by atoms with van der Waals surface area (Å²) in [4.78, 5) is 55.4. The van der Waals surface area contributed by atoms with Crippen molar-refractivity contribution in [3.05, 3.63) is 105 Å². The summed E-state index contributed by atoms with van der Waals surface area (Å²) < 4.78 is 66.1. The molecule has 2 atom stereocenters. The molecule has 10 rings (SSSR count). The lowest BCUT2D eigenvalue weighted by atomic mass is 9.98. The lowest BCUT2D eigenvalue weighted by Crippen LogP contribution is -2.42. The Balaban J connectivity index is 0.000000179. The molecule has 0 spiro atoms. The molecule has 0 saturated carbocycles. The van der Waals surface area contributed by atoms with Crippen molar-refractivity contribution >= 4 is 115 Å². The molecule has 4 aliphatic heterocycles. The van der Waals surface area contributed by atoms with Gasteiger partial charge in [-0.25, -0.2) is 40.6 Å². The van der Waals surface area contributed by atoms with Crippen LogP contribution in [0, 0.1) is 0 Å². The fourth-order valence-electron chi connectivity index (χ4n) is 9.87. The summed E-state index contributed by atoms with van der Waals surface area (Å²) in [6.07, 6.45) is 9.42. The standard InChI is InChI=1S/C26H43N5O3Si.C23H27ClN6O4S.C8H7Cl2NO3S/c1-25(2,3)34-24(32)30-15-10-9-12-21(30)20-17-23-27-22(29-13-11-14-29)16-19(31(23)28-20)18-33-35(7,8)26(4,5)6;1-35(33,34)27-18-7-6-15(24)11-17(18)23(32)29-10-3-2-5-20(29)19-13-22-25-21(28-8-4-9-28)12-16(14-31)30(22)26-19;1-15(13,14)11-7-3-2-5(9)4-6(7)8(10)12/h16-17,21H,9-15,18H2,1-8H3;6-7,11-13,20,27,31H,2-5,8-10,14H2,1H3;2-4,11H,1H3/t21-;20-;/m00./s1. The van der Waals surface area contributed by atoms with Gasteiger partial charge < -0.3 is 29.0 Å². The second-order valence-corrected chi connectivity index (χ2v) is 33.9. The van der Waals surface area contributed by atoms with Gasteiger partial charge in [0.15, 0.2) is 19.6 Å². The van der Waals surface area contributed by atoms with Crippen molar-refractivity contribution in [1.82, 2.24) is 39.0 Å². The van der Waals surface area contributed by atoms with E-state index in [-0.39, 0.29) is 58.2 Å². The number of fused-ring (bicyclic) bond motifs is 2. The molecule has 462 valence electrons. The first-order chi connectivity index (χ1) is 39.8. The number of aliphatic hydroxyl groups is 1. The van der Waals surface area contributed by atoms with Crippen molar-refractivity contribution in [3.8, 4) is 0 Å². The zero-order valence-corrected chi connectivity index (χ0v) is 54.7. The molecule has 3 N–H and O–H groups in total. The van der Waals surface area contributed by atoms with E-state index < -0.39 is 39.2 Å². The molecule has 2 aromatic carbocycles. The molecule has 6 aromatic rings. The van der Waals surface area contributed by atoms with Crippen LogP contribution in [-0.2, 0) is 42.4 Å². The van der Waals surface area contributed by atoms with Crippen LogP contribution in [0.2, 0.25) is 28.2 Å². The number of carbonyl (C=O) groups excluding carboxylic acids is 3. The molecule has 4 saturated heterocycles. The number of likely N-dealkylation sites (tertiary alicyclic amines) is 2. The summed E-state index contributed by atoms with van der Waals surface area (Å²) in [7, 11) is -8.97. The second-order valence-electron chi connectivity index (χ2n) is 24.4. The first-order valence-electron chi connectivity index (χ1n) is 28.4. The Morgan fingerprint density at radius 1 is 0.647 bits per heavy atom. The summed E-state index contributed by atoms with van der Waals surface area (Å²) >= 11 is 17.1. The summed E-state index contributed by atoms with van der Waals surface area (Å²) in [5.74, 6) is 1.47. The normalized spacial score (nSPS) is 17.7. The molecule has 0 unspecified atom stereocenters. The fourth-order valence-corrected chi connectivity index (χ4v) is 12.5. The molecule has 4 fully saturated rings. The summed E-state index contributed by atoms with van der Waals surface area (Å²) in [5.41, 5.74) is 4.60. The number of piperidine rings is 2. The number of nitrogens with zero attached hydrogens (tertiary/aromatic N) is 10.